The standard InChI is InChI=1S/C37H22S/c1-2-16-33-34-18-9-17-27(37(34)38-36(33)19-3-1)26-11-8-10-24(22-26)25-20-21-32-30-14-5-4-12-28(30)29-13-6-7-15-31(29)35(32)23-25/h3-5,7,9,11-12,14-15,17-23H,6,13,16H2. The maximum atomic E-state index is 3.41. The summed E-state index contributed by atoms with van der Waals surface area (Å²) >= 11 is 1.86. The molecule has 176 valence electrons. The Morgan fingerprint density at radius 2 is 1.68 bits per heavy atom. The molecule has 1 heteroatoms. The van der Waals surface area contributed by atoms with Crippen molar-refractivity contribution >= 4 is 66.3 Å². The molecule has 0 aliphatic heterocycles. The van der Waals surface area contributed by atoms with Crippen LogP contribution in [0.15, 0.2) is 96.4 Å². The topological polar surface area (TPSA) is 0 Å². The third-order valence-electron chi connectivity index (χ3n) is 7.91. The molecule has 0 unspecified atom stereocenters. The van der Waals surface area contributed by atoms with Crippen LogP contribution < -0.4 is 0 Å². The summed E-state index contributed by atoms with van der Waals surface area (Å²) in [5.74, 6) is 6.39. The molecule has 5 aromatic rings. The number of hydrogen-bond acceptors (Lipinski definition) is 1. The maximum absolute atomic E-state index is 3.41. The van der Waals surface area contributed by atoms with Crippen LogP contribution in [0.4, 0.5) is 0 Å². The minimum absolute atomic E-state index is 0.802. The van der Waals surface area contributed by atoms with Crippen molar-refractivity contribution in [3.63, 3.8) is 0 Å². The molecular formula is C37H22S. The first-order chi connectivity index (χ1) is 18.8. The third kappa shape index (κ3) is 3.27. The molecule has 3 aliphatic carbocycles. The fourth-order valence-electron chi connectivity index (χ4n) is 6.13. The van der Waals surface area contributed by atoms with Gasteiger partial charge in [-0.3, -0.25) is 0 Å². The second kappa shape index (κ2) is 8.49. The first-order valence-corrected chi connectivity index (χ1v) is 13.9. The van der Waals surface area contributed by atoms with E-state index in [1.165, 1.54) is 69.9 Å². The van der Waals surface area contributed by atoms with E-state index >= 15 is 0 Å². The van der Waals surface area contributed by atoms with Crippen LogP contribution in [0.3, 0.4) is 0 Å². The molecule has 0 spiro atoms. The highest BCUT2D eigenvalue weighted by atomic mass is 32.1. The smallest absolute Gasteiger partial charge is 0.0431 e. The Morgan fingerprint density at radius 1 is 0.789 bits per heavy atom. The van der Waals surface area contributed by atoms with Crippen molar-refractivity contribution in [1.82, 2.24) is 0 Å². The van der Waals surface area contributed by atoms with Gasteiger partial charge >= 0.3 is 0 Å². The average molecular weight is 499 g/mol. The van der Waals surface area contributed by atoms with Gasteiger partial charge in [0.2, 0.25) is 0 Å². The summed E-state index contributed by atoms with van der Waals surface area (Å²) in [5, 5.41) is 6.68. The summed E-state index contributed by atoms with van der Waals surface area (Å²) in [7, 11) is 0. The Labute approximate surface area is 225 Å². The molecule has 1 heterocycles. The summed E-state index contributed by atoms with van der Waals surface area (Å²) in [5.41, 5.74) is 15.6. The highest BCUT2D eigenvalue weighted by Gasteiger charge is 2.18. The normalized spacial score (nSPS) is 15.2. The SMILES string of the molecule is C1=C=C(c2ccc3c(c2)c2c(c4ccccc43)CCC=C2)C=C(c2cccc3c4c(sc23)C=CC#CC4)C=1. The molecule has 0 saturated heterocycles. The highest BCUT2D eigenvalue weighted by molar-refractivity contribution is 7.20. The fourth-order valence-corrected chi connectivity index (χ4v) is 7.39. The molecule has 8 rings (SSSR count). The number of rotatable bonds is 2. The first kappa shape index (κ1) is 21.5. The highest BCUT2D eigenvalue weighted by Crippen LogP contribution is 2.41. The summed E-state index contributed by atoms with van der Waals surface area (Å²) in [6.07, 6.45) is 16.1. The minimum atomic E-state index is 0.802. The lowest BCUT2D eigenvalue weighted by Gasteiger charge is -2.18. The maximum Gasteiger partial charge on any atom is 0.0431 e. The van der Waals surface area contributed by atoms with Gasteiger partial charge in [0.05, 0.1) is 0 Å². The lowest BCUT2D eigenvalue weighted by atomic mass is 9.85. The number of hydrogen-bond donors (Lipinski definition) is 0. The molecular weight excluding hydrogens is 476 g/mol. The summed E-state index contributed by atoms with van der Waals surface area (Å²) in [6, 6.07) is 22.4. The zero-order valence-corrected chi connectivity index (χ0v) is 21.6. The van der Waals surface area contributed by atoms with Gasteiger partial charge in [0.1, 0.15) is 0 Å². The molecule has 0 nitrogen and oxygen atoms in total. The predicted octanol–water partition coefficient (Wildman–Crippen LogP) is 9.53. The van der Waals surface area contributed by atoms with Crippen LogP contribution in [-0.4, -0.2) is 0 Å². The fraction of sp³-hybridized carbons (Fsp3) is 0.0811. The largest absolute Gasteiger partial charge is 0.135 e. The van der Waals surface area contributed by atoms with Crippen LogP contribution in [-0.2, 0) is 12.8 Å². The minimum Gasteiger partial charge on any atom is -0.135 e. The van der Waals surface area contributed by atoms with Crippen molar-refractivity contribution in [3.8, 4) is 11.8 Å². The van der Waals surface area contributed by atoms with E-state index in [9.17, 15) is 0 Å². The first-order valence-electron chi connectivity index (χ1n) is 13.1. The number of thiophene rings is 1. The quantitative estimate of drug-likeness (QED) is 0.129. The molecule has 0 N–H and O–H groups in total. The van der Waals surface area contributed by atoms with Crippen molar-refractivity contribution in [2.75, 3.05) is 0 Å². The van der Waals surface area contributed by atoms with Gasteiger partial charge in [-0.05, 0) is 98.0 Å². The van der Waals surface area contributed by atoms with Crippen LogP contribution in [0.5, 0.6) is 0 Å². The monoisotopic (exact) mass is 498 g/mol. The molecule has 0 bridgehead atoms. The van der Waals surface area contributed by atoms with E-state index in [1.807, 2.05) is 17.4 Å². The van der Waals surface area contributed by atoms with Gasteiger partial charge in [-0.2, -0.15) is 0 Å². The summed E-state index contributed by atoms with van der Waals surface area (Å²) < 4.78 is 1.32. The Bertz CT molecular complexity index is 2110. The molecule has 3 aliphatic rings. The van der Waals surface area contributed by atoms with Crippen molar-refractivity contribution < 1.29 is 0 Å². The molecule has 0 saturated carbocycles. The lowest BCUT2D eigenvalue weighted by Crippen LogP contribution is -1.98. The number of aryl methyl sites for hydroxylation is 1. The Kier molecular flexibility index (Phi) is 4.81. The Hall–Kier alpha value is -4.56. The van der Waals surface area contributed by atoms with Crippen LogP contribution >= 0.6 is 11.3 Å². The predicted molar refractivity (Wildman–Crippen MR) is 164 cm³/mol. The van der Waals surface area contributed by atoms with Crippen molar-refractivity contribution in [2.24, 2.45) is 0 Å². The van der Waals surface area contributed by atoms with Crippen LogP contribution in [0.2, 0.25) is 0 Å². The Balaban J connectivity index is 1.28. The van der Waals surface area contributed by atoms with E-state index in [1.54, 1.807) is 0 Å². The van der Waals surface area contributed by atoms with Gasteiger partial charge in [0, 0.05) is 27.1 Å². The van der Waals surface area contributed by atoms with Crippen LogP contribution in [0.25, 0.3) is 54.9 Å². The number of fused-ring (bicyclic) bond motifs is 9. The lowest BCUT2D eigenvalue weighted by molar-refractivity contribution is 1.00. The van der Waals surface area contributed by atoms with E-state index in [0.717, 1.165) is 24.8 Å². The van der Waals surface area contributed by atoms with E-state index in [4.69, 9.17) is 0 Å². The second-order valence-corrected chi connectivity index (χ2v) is 11.1. The van der Waals surface area contributed by atoms with E-state index in [-0.39, 0.29) is 0 Å². The number of benzene rings is 4. The summed E-state index contributed by atoms with van der Waals surface area (Å²) in [4.78, 5) is 1.30. The van der Waals surface area contributed by atoms with Crippen LogP contribution in [0, 0.1) is 11.8 Å². The second-order valence-electron chi connectivity index (χ2n) is 10.0. The van der Waals surface area contributed by atoms with Crippen molar-refractivity contribution in [2.45, 2.75) is 19.3 Å². The average Bonchev–Trinajstić information content (AvgIpc) is 3.17. The van der Waals surface area contributed by atoms with Gasteiger partial charge in [-0.15, -0.1) is 11.3 Å². The van der Waals surface area contributed by atoms with Gasteiger partial charge in [-0.1, -0.05) is 90.1 Å². The van der Waals surface area contributed by atoms with Gasteiger partial charge in [0.25, 0.3) is 0 Å². The Morgan fingerprint density at radius 3 is 2.66 bits per heavy atom. The summed E-state index contributed by atoms with van der Waals surface area (Å²) in [6.45, 7) is 0. The molecule has 4 aromatic carbocycles. The molecule has 0 atom stereocenters. The van der Waals surface area contributed by atoms with Gasteiger partial charge in [0.15, 0.2) is 0 Å². The molecule has 0 radical (unpaired) electrons. The molecule has 38 heavy (non-hydrogen) atoms. The number of allylic oxidation sites excluding steroid dienone is 6. The third-order valence-corrected chi connectivity index (χ3v) is 9.16. The zero-order valence-electron chi connectivity index (χ0n) is 20.8. The van der Waals surface area contributed by atoms with E-state index in [2.05, 4.69) is 114 Å². The molecule has 1 aromatic heterocycles. The zero-order chi connectivity index (χ0) is 25.1. The van der Waals surface area contributed by atoms with Gasteiger partial charge in [-0.25, -0.2) is 0 Å². The van der Waals surface area contributed by atoms with Crippen molar-refractivity contribution in [1.29, 1.82) is 0 Å². The molecule has 0 amide bonds. The van der Waals surface area contributed by atoms with Gasteiger partial charge < -0.3 is 0 Å². The van der Waals surface area contributed by atoms with E-state index < -0.39 is 0 Å². The van der Waals surface area contributed by atoms with E-state index in [0.29, 0.717) is 0 Å². The van der Waals surface area contributed by atoms with Crippen molar-refractivity contribution in [3.05, 3.63) is 129 Å². The molecule has 0 fully saturated rings. The van der Waals surface area contributed by atoms with Crippen LogP contribution in [0.1, 0.15) is 39.1 Å².